The Morgan fingerprint density at radius 1 is 1.14 bits per heavy atom. The molecule has 1 aromatic carbocycles. The lowest BCUT2D eigenvalue weighted by atomic mass is 10.2. The molecule has 1 saturated carbocycles. The molecule has 8 heteroatoms. The normalized spacial score (nSPS) is 14.9. The average molecular weight is 395 g/mol. The van der Waals surface area contributed by atoms with Gasteiger partial charge in [0, 0.05) is 18.9 Å². The van der Waals surface area contributed by atoms with Crippen molar-refractivity contribution in [1.29, 1.82) is 0 Å². The van der Waals surface area contributed by atoms with Crippen LogP contribution in [-0.2, 0) is 6.18 Å². The van der Waals surface area contributed by atoms with Crippen LogP contribution in [-0.4, -0.2) is 29.7 Å². The molecule has 1 fully saturated rings. The summed E-state index contributed by atoms with van der Waals surface area (Å²) in [6.45, 7) is 2.65. The van der Waals surface area contributed by atoms with Gasteiger partial charge in [-0.2, -0.15) is 18.2 Å². The molecule has 28 heavy (non-hydrogen) atoms. The molecular formula is C20H24F3N3O2. The highest BCUT2D eigenvalue weighted by Crippen LogP contribution is 2.37. The van der Waals surface area contributed by atoms with Crippen molar-refractivity contribution >= 4 is 11.6 Å². The van der Waals surface area contributed by atoms with Crippen molar-refractivity contribution in [2.24, 2.45) is 0 Å². The van der Waals surface area contributed by atoms with Crippen molar-refractivity contribution in [3.8, 4) is 11.6 Å². The van der Waals surface area contributed by atoms with Crippen LogP contribution in [0.3, 0.4) is 0 Å². The molecule has 0 radical (unpaired) electrons. The molecule has 2 aromatic rings. The summed E-state index contributed by atoms with van der Waals surface area (Å²) in [5.41, 5.74) is -0.213. The van der Waals surface area contributed by atoms with Crippen LogP contribution in [0.4, 0.5) is 24.8 Å². The SMILES string of the molecule is CCCOc1ccc(N(C)c2ncc(C(F)(F)F)c(OC3CCCC3)n2)cc1. The number of hydrogen-bond acceptors (Lipinski definition) is 5. The van der Waals surface area contributed by atoms with Crippen LogP contribution in [0.25, 0.3) is 0 Å². The third-order valence-corrected chi connectivity index (χ3v) is 4.62. The third-order valence-electron chi connectivity index (χ3n) is 4.62. The predicted octanol–water partition coefficient (Wildman–Crippen LogP) is 5.37. The molecule has 1 aromatic heterocycles. The Kier molecular flexibility index (Phi) is 6.26. The number of alkyl halides is 3. The van der Waals surface area contributed by atoms with Crippen molar-refractivity contribution < 1.29 is 22.6 Å². The summed E-state index contributed by atoms with van der Waals surface area (Å²) >= 11 is 0. The minimum atomic E-state index is -4.57. The van der Waals surface area contributed by atoms with E-state index in [1.807, 2.05) is 31.2 Å². The van der Waals surface area contributed by atoms with Crippen molar-refractivity contribution in [1.82, 2.24) is 9.97 Å². The van der Waals surface area contributed by atoms with E-state index in [4.69, 9.17) is 9.47 Å². The summed E-state index contributed by atoms with van der Waals surface area (Å²) in [6, 6.07) is 7.23. The Bertz CT molecular complexity index is 775. The first kappa shape index (κ1) is 20.2. The Hall–Kier alpha value is -2.51. The Balaban J connectivity index is 1.84. The summed E-state index contributed by atoms with van der Waals surface area (Å²) in [4.78, 5) is 9.62. The molecule has 152 valence electrons. The van der Waals surface area contributed by atoms with Crippen molar-refractivity contribution in [3.05, 3.63) is 36.0 Å². The standard InChI is InChI=1S/C20H24F3N3O2/c1-3-12-27-15-10-8-14(9-11-15)26(2)19-24-13-17(20(21,22)23)18(25-19)28-16-6-4-5-7-16/h8-11,13,16H,3-7,12H2,1-2H3. The molecule has 0 atom stereocenters. The number of aromatic nitrogens is 2. The molecule has 1 aliphatic rings. The lowest BCUT2D eigenvalue weighted by Gasteiger charge is -2.21. The molecule has 0 bridgehead atoms. The van der Waals surface area contributed by atoms with Crippen LogP contribution < -0.4 is 14.4 Å². The third kappa shape index (κ3) is 4.85. The average Bonchev–Trinajstić information content (AvgIpc) is 3.18. The maximum absolute atomic E-state index is 13.3. The first-order valence-electron chi connectivity index (χ1n) is 9.46. The number of halogens is 3. The van der Waals surface area contributed by atoms with E-state index in [0.717, 1.165) is 49.7 Å². The van der Waals surface area contributed by atoms with Crippen LogP contribution in [0, 0.1) is 0 Å². The van der Waals surface area contributed by atoms with Crippen LogP contribution in [0.2, 0.25) is 0 Å². The fourth-order valence-corrected chi connectivity index (χ4v) is 3.07. The molecule has 0 unspecified atom stereocenters. The summed E-state index contributed by atoms with van der Waals surface area (Å²) in [6.07, 6.45) is 0.295. The first-order valence-corrected chi connectivity index (χ1v) is 9.46. The molecule has 1 heterocycles. The van der Waals surface area contributed by atoms with Gasteiger partial charge in [-0.15, -0.1) is 0 Å². The van der Waals surface area contributed by atoms with Gasteiger partial charge in [-0.1, -0.05) is 6.92 Å². The number of rotatable bonds is 7. The van der Waals surface area contributed by atoms with Crippen LogP contribution in [0.5, 0.6) is 11.6 Å². The highest BCUT2D eigenvalue weighted by Gasteiger charge is 2.37. The number of nitrogens with zero attached hydrogens (tertiary/aromatic N) is 3. The summed E-state index contributed by atoms with van der Waals surface area (Å²) < 4.78 is 51.2. The van der Waals surface area contributed by atoms with Gasteiger partial charge < -0.3 is 14.4 Å². The summed E-state index contributed by atoms with van der Waals surface area (Å²) in [5, 5.41) is 0. The fourth-order valence-electron chi connectivity index (χ4n) is 3.07. The van der Waals surface area contributed by atoms with Crippen LogP contribution in [0.1, 0.15) is 44.6 Å². The Morgan fingerprint density at radius 2 is 1.82 bits per heavy atom. The van der Waals surface area contributed by atoms with E-state index < -0.39 is 17.6 Å². The Labute approximate surface area is 162 Å². The minimum absolute atomic E-state index is 0.142. The molecule has 0 aliphatic heterocycles. The van der Waals surface area contributed by atoms with Crippen molar-refractivity contribution in [3.63, 3.8) is 0 Å². The fraction of sp³-hybridized carbons (Fsp3) is 0.500. The maximum Gasteiger partial charge on any atom is 0.423 e. The largest absolute Gasteiger partial charge is 0.494 e. The number of hydrogen-bond donors (Lipinski definition) is 0. The second-order valence-corrected chi connectivity index (χ2v) is 6.81. The van der Waals surface area contributed by atoms with Gasteiger partial charge in [-0.3, -0.25) is 0 Å². The lowest BCUT2D eigenvalue weighted by molar-refractivity contribution is -0.139. The summed E-state index contributed by atoms with van der Waals surface area (Å²) in [7, 11) is 1.70. The first-order chi connectivity index (χ1) is 13.4. The van der Waals surface area contributed by atoms with E-state index in [1.165, 1.54) is 0 Å². The van der Waals surface area contributed by atoms with Gasteiger partial charge in [0.25, 0.3) is 0 Å². The molecule has 0 saturated heterocycles. The highest BCUT2D eigenvalue weighted by molar-refractivity contribution is 5.58. The van der Waals surface area contributed by atoms with Gasteiger partial charge >= 0.3 is 6.18 Å². The molecule has 0 amide bonds. The molecule has 0 spiro atoms. The van der Waals surface area contributed by atoms with E-state index >= 15 is 0 Å². The van der Waals surface area contributed by atoms with E-state index in [2.05, 4.69) is 9.97 Å². The predicted molar refractivity (Wildman–Crippen MR) is 100 cm³/mol. The topological polar surface area (TPSA) is 47.5 Å². The van der Waals surface area contributed by atoms with Crippen LogP contribution in [0.15, 0.2) is 30.5 Å². The molecule has 0 N–H and O–H groups in total. The summed E-state index contributed by atoms with van der Waals surface area (Å²) in [5.74, 6) is 0.472. The Morgan fingerprint density at radius 3 is 2.43 bits per heavy atom. The molecule has 3 rings (SSSR count). The minimum Gasteiger partial charge on any atom is -0.494 e. The van der Waals surface area contributed by atoms with Crippen LogP contribution >= 0.6 is 0 Å². The zero-order valence-electron chi connectivity index (χ0n) is 16.0. The van der Waals surface area contributed by atoms with Gasteiger partial charge in [-0.25, -0.2) is 4.98 Å². The van der Waals surface area contributed by atoms with E-state index in [-0.39, 0.29) is 12.1 Å². The monoisotopic (exact) mass is 395 g/mol. The van der Waals surface area contributed by atoms with Gasteiger partial charge in [0.05, 0.1) is 6.61 Å². The molecular weight excluding hydrogens is 371 g/mol. The van der Waals surface area contributed by atoms with Gasteiger partial charge in [0.2, 0.25) is 11.8 Å². The lowest BCUT2D eigenvalue weighted by Crippen LogP contribution is -2.20. The molecule has 5 nitrogen and oxygen atoms in total. The quantitative estimate of drug-likeness (QED) is 0.630. The van der Waals surface area contributed by atoms with E-state index in [1.54, 1.807) is 11.9 Å². The second-order valence-electron chi connectivity index (χ2n) is 6.81. The van der Waals surface area contributed by atoms with E-state index in [0.29, 0.717) is 6.61 Å². The second kappa shape index (κ2) is 8.67. The van der Waals surface area contributed by atoms with Crippen molar-refractivity contribution in [2.45, 2.75) is 51.3 Å². The smallest absolute Gasteiger partial charge is 0.423 e. The van der Waals surface area contributed by atoms with E-state index in [9.17, 15) is 13.2 Å². The van der Waals surface area contributed by atoms with Crippen molar-refractivity contribution in [2.75, 3.05) is 18.6 Å². The zero-order chi connectivity index (χ0) is 20.1. The zero-order valence-corrected chi connectivity index (χ0v) is 16.0. The highest BCUT2D eigenvalue weighted by atomic mass is 19.4. The van der Waals surface area contributed by atoms with Gasteiger partial charge in [0.15, 0.2) is 0 Å². The van der Waals surface area contributed by atoms with Gasteiger partial charge in [0.1, 0.15) is 17.4 Å². The number of ether oxygens (including phenoxy) is 2. The maximum atomic E-state index is 13.3. The molecule has 1 aliphatic carbocycles. The number of benzene rings is 1. The van der Waals surface area contributed by atoms with Gasteiger partial charge in [-0.05, 0) is 56.4 Å². The number of anilines is 2.